The lowest BCUT2D eigenvalue weighted by molar-refractivity contribution is -0.140. The zero-order valence-corrected chi connectivity index (χ0v) is 25.0. The fourth-order valence-corrected chi connectivity index (χ4v) is 5.45. The quantitative estimate of drug-likeness (QED) is 0.299. The lowest BCUT2D eigenvalue weighted by Gasteiger charge is -2.34. The van der Waals surface area contributed by atoms with Crippen LogP contribution in [0.15, 0.2) is 72.8 Å². The number of anilines is 1. The molecule has 3 rings (SSSR count). The summed E-state index contributed by atoms with van der Waals surface area (Å²) in [4.78, 5) is 29.3. The average molecular weight is 564 g/mol. The van der Waals surface area contributed by atoms with Crippen molar-refractivity contribution in [2.75, 3.05) is 23.7 Å². The molecule has 2 amide bonds. The van der Waals surface area contributed by atoms with Gasteiger partial charge in [0.2, 0.25) is 21.8 Å². The zero-order valence-electron chi connectivity index (χ0n) is 24.2. The SMILES string of the molecule is CCCCNC(=O)[C@H](Cc1ccccc1)N(Cc1ccc(C)cc1)C(=O)CN(c1cccc(C)c1C)S(C)(=O)=O. The van der Waals surface area contributed by atoms with Crippen molar-refractivity contribution >= 4 is 27.5 Å². The number of nitrogens with zero attached hydrogens (tertiary/aromatic N) is 2. The Morgan fingerprint density at radius 3 is 2.17 bits per heavy atom. The zero-order chi connectivity index (χ0) is 29.3. The Balaban J connectivity index is 2.05. The van der Waals surface area contributed by atoms with Gasteiger partial charge in [0, 0.05) is 19.5 Å². The van der Waals surface area contributed by atoms with E-state index in [-0.39, 0.29) is 12.5 Å². The summed E-state index contributed by atoms with van der Waals surface area (Å²) in [6, 6.07) is 21.9. The van der Waals surface area contributed by atoms with Gasteiger partial charge in [0.15, 0.2) is 0 Å². The summed E-state index contributed by atoms with van der Waals surface area (Å²) >= 11 is 0. The summed E-state index contributed by atoms with van der Waals surface area (Å²) in [7, 11) is -3.80. The van der Waals surface area contributed by atoms with E-state index in [0.29, 0.717) is 18.7 Å². The molecule has 0 saturated heterocycles. The topological polar surface area (TPSA) is 86.8 Å². The molecule has 0 aromatic heterocycles. The van der Waals surface area contributed by atoms with E-state index in [0.717, 1.165) is 51.2 Å². The maximum absolute atomic E-state index is 14.1. The van der Waals surface area contributed by atoms with Crippen LogP contribution in [-0.4, -0.2) is 50.5 Å². The Bertz CT molecular complexity index is 1390. The van der Waals surface area contributed by atoms with Crippen LogP contribution in [0.2, 0.25) is 0 Å². The highest BCUT2D eigenvalue weighted by Crippen LogP contribution is 2.26. The van der Waals surface area contributed by atoms with Gasteiger partial charge in [-0.05, 0) is 55.5 Å². The van der Waals surface area contributed by atoms with Gasteiger partial charge in [-0.2, -0.15) is 0 Å². The molecule has 0 fully saturated rings. The predicted molar refractivity (Wildman–Crippen MR) is 162 cm³/mol. The minimum absolute atomic E-state index is 0.169. The summed E-state index contributed by atoms with van der Waals surface area (Å²) < 4.78 is 27.1. The smallest absolute Gasteiger partial charge is 0.244 e. The van der Waals surface area contributed by atoms with E-state index < -0.39 is 28.5 Å². The van der Waals surface area contributed by atoms with Crippen LogP contribution < -0.4 is 9.62 Å². The van der Waals surface area contributed by atoms with E-state index in [2.05, 4.69) is 5.32 Å². The van der Waals surface area contributed by atoms with E-state index in [4.69, 9.17) is 0 Å². The lowest BCUT2D eigenvalue weighted by Crippen LogP contribution is -2.53. The number of carbonyl (C=O) groups is 2. The number of aryl methyl sites for hydroxylation is 2. The third kappa shape index (κ3) is 8.42. The van der Waals surface area contributed by atoms with Gasteiger partial charge in [0.05, 0.1) is 11.9 Å². The van der Waals surface area contributed by atoms with Gasteiger partial charge in [-0.3, -0.25) is 13.9 Å². The van der Waals surface area contributed by atoms with Gasteiger partial charge < -0.3 is 10.2 Å². The Labute approximate surface area is 239 Å². The summed E-state index contributed by atoms with van der Waals surface area (Å²) in [6.45, 7) is 8.04. The first-order chi connectivity index (χ1) is 19.0. The van der Waals surface area contributed by atoms with Crippen molar-refractivity contribution in [3.8, 4) is 0 Å². The molecule has 0 aliphatic heterocycles. The molecule has 0 radical (unpaired) electrons. The first kappa shape index (κ1) is 30.9. The van der Waals surface area contributed by atoms with Crippen LogP contribution in [0, 0.1) is 20.8 Å². The molecule has 1 atom stereocenters. The van der Waals surface area contributed by atoms with E-state index >= 15 is 0 Å². The highest BCUT2D eigenvalue weighted by molar-refractivity contribution is 7.92. The molecule has 0 spiro atoms. The van der Waals surface area contributed by atoms with Crippen molar-refractivity contribution in [1.82, 2.24) is 10.2 Å². The van der Waals surface area contributed by atoms with E-state index in [1.807, 2.05) is 88.4 Å². The second kappa shape index (κ2) is 14.1. The van der Waals surface area contributed by atoms with Gasteiger partial charge >= 0.3 is 0 Å². The molecule has 40 heavy (non-hydrogen) atoms. The molecule has 0 saturated carbocycles. The van der Waals surface area contributed by atoms with Crippen molar-refractivity contribution < 1.29 is 18.0 Å². The van der Waals surface area contributed by atoms with Crippen LogP contribution in [0.3, 0.4) is 0 Å². The van der Waals surface area contributed by atoms with Gasteiger partial charge in [0.1, 0.15) is 12.6 Å². The molecule has 0 unspecified atom stereocenters. The second-order valence-electron chi connectivity index (χ2n) is 10.3. The van der Waals surface area contributed by atoms with Crippen LogP contribution in [-0.2, 0) is 32.6 Å². The van der Waals surface area contributed by atoms with Gasteiger partial charge in [0.25, 0.3) is 0 Å². The van der Waals surface area contributed by atoms with Crippen molar-refractivity contribution in [2.24, 2.45) is 0 Å². The molecule has 7 nitrogen and oxygen atoms in total. The predicted octanol–water partition coefficient (Wildman–Crippen LogP) is 4.93. The van der Waals surface area contributed by atoms with Crippen LogP contribution >= 0.6 is 0 Å². The van der Waals surface area contributed by atoms with E-state index in [1.54, 1.807) is 12.1 Å². The number of benzene rings is 3. The molecular formula is C32H41N3O4S. The number of sulfonamides is 1. The van der Waals surface area contributed by atoms with Crippen LogP contribution in [0.4, 0.5) is 5.69 Å². The number of hydrogen-bond donors (Lipinski definition) is 1. The Morgan fingerprint density at radius 1 is 0.875 bits per heavy atom. The van der Waals surface area contributed by atoms with Gasteiger partial charge in [-0.25, -0.2) is 8.42 Å². The molecule has 0 aliphatic carbocycles. The highest BCUT2D eigenvalue weighted by atomic mass is 32.2. The van der Waals surface area contributed by atoms with Gasteiger partial charge in [-0.1, -0.05) is 85.6 Å². The Morgan fingerprint density at radius 2 is 1.55 bits per heavy atom. The summed E-state index contributed by atoms with van der Waals surface area (Å²) in [5.41, 5.74) is 5.01. The third-order valence-electron chi connectivity index (χ3n) is 7.10. The Kier molecular flexibility index (Phi) is 10.9. The molecule has 0 heterocycles. The van der Waals surface area contributed by atoms with Crippen molar-refractivity contribution in [1.29, 1.82) is 0 Å². The van der Waals surface area contributed by atoms with Crippen LogP contribution in [0.1, 0.15) is 47.6 Å². The largest absolute Gasteiger partial charge is 0.354 e. The van der Waals surface area contributed by atoms with Gasteiger partial charge in [-0.15, -0.1) is 0 Å². The van der Waals surface area contributed by atoms with E-state index in [1.165, 1.54) is 4.90 Å². The molecule has 1 N–H and O–H groups in total. The number of carbonyl (C=O) groups excluding carboxylic acids is 2. The third-order valence-corrected chi connectivity index (χ3v) is 8.22. The fourth-order valence-electron chi connectivity index (χ4n) is 4.55. The monoisotopic (exact) mass is 563 g/mol. The summed E-state index contributed by atoms with van der Waals surface area (Å²) in [5.74, 6) is -0.700. The first-order valence-corrected chi connectivity index (χ1v) is 15.6. The summed E-state index contributed by atoms with van der Waals surface area (Å²) in [5, 5.41) is 3.00. The van der Waals surface area contributed by atoms with Crippen molar-refractivity contribution in [3.63, 3.8) is 0 Å². The second-order valence-corrected chi connectivity index (χ2v) is 12.3. The molecule has 3 aromatic carbocycles. The molecule has 0 aliphatic rings. The number of hydrogen-bond acceptors (Lipinski definition) is 4. The molecule has 214 valence electrons. The first-order valence-electron chi connectivity index (χ1n) is 13.7. The number of unbranched alkanes of at least 4 members (excludes halogenated alkanes) is 1. The van der Waals surface area contributed by atoms with Crippen LogP contribution in [0.5, 0.6) is 0 Å². The van der Waals surface area contributed by atoms with Crippen molar-refractivity contribution in [2.45, 2.75) is 59.5 Å². The number of nitrogens with one attached hydrogen (secondary N) is 1. The highest BCUT2D eigenvalue weighted by Gasteiger charge is 2.33. The van der Waals surface area contributed by atoms with Crippen LogP contribution in [0.25, 0.3) is 0 Å². The summed E-state index contributed by atoms with van der Waals surface area (Å²) in [6.07, 6.45) is 3.16. The number of rotatable bonds is 13. The lowest BCUT2D eigenvalue weighted by atomic mass is 10.0. The molecule has 0 bridgehead atoms. The molecular weight excluding hydrogens is 522 g/mol. The standard InChI is InChI=1S/C32H41N3O4S/c1-6-7-20-33-32(37)30(21-27-13-9-8-10-14-27)34(22-28-18-16-24(2)17-19-28)31(36)23-35(40(5,38)39)29-15-11-12-25(3)26(29)4/h8-19,30H,6-7,20-23H2,1-5H3,(H,33,37)/t30-/m0/s1. The average Bonchev–Trinajstić information content (AvgIpc) is 2.92. The fraction of sp³-hybridized carbons (Fsp3) is 0.375. The molecule has 8 heteroatoms. The number of amides is 2. The maximum atomic E-state index is 14.1. The van der Waals surface area contributed by atoms with E-state index in [9.17, 15) is 18.0 Å². The minimum Gasteiger partial charge on any atom is -0.354 e. The Hall–Kier alpha value is -3.65. The van der Waals surface area contributed by atoms with Crippen molar-refractivity contribution in [3.05, 3.63) is 101 Å². The maximum Gasteiger partial charge on any atom is 0.244 e. The molecule has 3 aromatic rings. The minimum atomic E-state index is -3.80. The normalized spacial score (nSPS) is 12.0.